The molecule has 186 valence electrons. The Bertz CT molecular complexity index is 1130. The van der Waals surface area contributed by atoms with E-state index in [0.717, 1.165) is 16.1 Å². The molecule has 11 heteroatoms. The van der Waals surface area contributed by atoms with Gasteiger partial charge in [0.2, 0.25) is 21.8 Å². The maximum Gasteiger partial charge on any atom is 0.242 e. The molecule has 0 spiro atoms. The van der Waals surface area contributed by atoms with Gasteiger partial charge >= 0.3 is 0 Å². The van der Waals surface area contributed by atoms with Gasteiger partial charge in [-0.05, 0) is 56.2 Å². The van der Waals surface area contributed by atoms with Crippen LogP contribution in [-0.2, 0) is 26.2 Å². The average Bonchev–Trinajstić information content (AvgIpc) is 2.75. The minimum Gasteiger partial charge on any atom is -0.355 e. The summed E-state index contributed by atoms with van der Waals surface area (Å²) < 4.78 is 25.9. The van der Waals surface area contributed by atoms with Crippen LogP contribution in [0.2, 0.25) is 15.1 Å². The molecule has 0 aliphatic carbocycles. The number of rotatable bonds is 11. The zero-order valence-electron chi connectivity index (χ0n) is 19.2. The Balaban J connectivity index is 2.19. The van der Waals surface area contributed by atoms with Crippen LogP contribution in [0.15, 0.2) is 42.5 Å². The van der Waals surface area contributed by atoms with Crippen LogP contribution in [-0.4, -0.2) is 50.5 Å². The smallest absolute Gasteiger partial charge is 0.242 e. The molecule has 2 aromatic carbocycles. The van der Waals surface area contributed by atoms with Crippen molar-refractivity contribution < 1.29 is 18.0 Å². The van der Waals surface area contributed by atoms with Crippen molar-refractivity contribution in [1.82, 2.24) is 10.2 Å². The van der Waals surface area contributed by atoms with Crippen LogP contribution in [0, 0.1) is 0 Å². The zero-order chi connectivity index (χ0) is 25.5. The van der Waals surface area contributed by atoms with Crippen molar-refractivity contribution in [2.45, 2.75) is 39.3 Å². The predicted molar refractivity (Wildman–Crippen MR) is 138 cm³/mol. The highest BCUT2D eigenvalue weighted by Gasteiger charge is 2.27. The monoisotopic (exact) mass is 547 g/mol. The largest absolute Gasteiger partial charge is 0.355 e. The van der Waals surface area contributed by atoms with E-state index < -0.39 is 16.1 Å². The molecule has 2 rings (SSSR count). The van der Waals surface area contributed by atoms with E-state index in [1.54, 1.807) is 38.1 Å². The van der Waals surface area contributed by atoms with Gasteiger partial charge in [-0.3, -0.25) is 13.9 Å². The molecule has 2 amide bonds. The fraction of sp³-hybridized carbons (Fsp3) is 0.391. The normalized spacial score (nSPS) is 12.2. The Hall–Kier alpha value is -2.00. The minimum atomic E-state index is -3.68. The van der Waals surface area contributed by atoms with Gasteiger partial charge in [0, 0.05) is 36.1 Å². The quantitative estimate of drug-likeness (QED) is 0.439. The van der Waals surface area contributed by atoms with Crippen molar-refractivity contribution >= 4 is 62.3 Å². The highest BCUT2D eigenvalue weighted by molar-refractivity contribution is 7.92. The van der Waals surface area contributed by atoms with E-state index in [2.05, 4.69) is 5.32 Å². The molecule has 0 heterocycles. The third kappa shape index (κ3) is 8.05. The van der Waals surface area contributed by atoms with Gasteiger partial charge in [0.25, 0.3) is 0 Å². The molecule has 7 nitrogen and oxygen atoms in total. The second kappa shape index (κ2) is 12.6. The number of halogens is 3. The maximum absolute atomic E-state index is 13.2. The Morgan fingerprint density at radius 1 is 1.06 bits per heavy atom. The fourth-order valence-electron chi connectivity index (χ4n) is 3.40. The summed E-state index contributed by atoms with van der Waals surface area (Å²) in [5.74, 6) is -0.564. The van der Waals surface area contributed by atoms with E-state index in [1.807, 2.05) is 6.07 Å². The van der Waals surface area contributed by atoms with Crippen molar-refractivity contribution in [3.63, 3.8) is 0 Å². The highest BCUT2D eigenvalue weighted by atomic mass is 35.5. The van der Waals surface area contributed by atoms with Crippen molar-refractivity contribution in [2.24, 2.45) is 0 Å². The SMILES string of the molecule is CCNC(=O)[C@@H](C)N(Cc1cccc(Cl)c1)C(=O)CCCN(c1cc(Cl)ccc1Cl)S(C)(=O)=O. The van der Waals surface area contributed by atoms with E-state index in [1.165, 1.54) is 17.0 Å². The summed E-state index contributed by atoms with van der Waals surface area (Å²) in [7, 11) is -3.68. The number of benzene rings is 2. The maximum atomic E-state index is 13.2. The molecular weight excluding hydrogens is 521 g/mol. The zero-order valence-corrected chi connectivity index (χ0v) is 22.3. The van der Waals surface area contributed by atoms with Crippen LogP contribution < -0.4 is 9.62 Å². The summed E-state index contributed by atoms with van der Waals surface area (Å²) in [6, 6.07) is 10.9. The van der Waals surface area contributed by atoms with E-state index in [-0.39, 0.29) is 48.5 Å². The van der Waals surface area contributed by atoms with Gasteiger partial charge in [0.1, 0.15) is 6.04 Å². The number of likely N-dealkylation sites (N-methyl/N-ethyl adjacent to an activating group) is 1. The second-order valence-corrected chi connectivity index (χ2v) is 10.9. The summed E-state index contributed by atoms with van der Waals surface area (Å²) in [6.45, 7) is 4.10. The minimum absolute atomic E-state index is 0.0190. The Morgan fingerprint density at radius 3 is 2.35 bits per heavy atom. The molecule has 0 saturated heterocycles. The van der Waals surface area contributed by atoms with Gasteiger partial charge in [-0.25, -0.2) is 8.42 Å². The van der Waals surface area contributed by atoms with E-state index in [4.69, 9.17) is 34.8 Å². The van der Waals surface area contributed by atoms with Crippen molar-refractivity contribution in [3.05, 3.63) is 63.1 Å². The lowest BCUT2D eigenvalue weighted by atomic mass is 10.1. The van der Waals surface area contributed by atoms with Crippen LogP contribution in [0.5, 0.6) is 0 Å². The number of hydrogen-bond acceptors (Lipinski definition) is 4. The molecule has 0 fully saturated rings. The van der Waals surface area contributed by atoms with Crippen LogP contribution in [0.25, 0.3) is 0 Å². The third-order valence-corrected chi connectivity index (χ3v) is 7.06. The molecule has 34 heavy (non-hydrogen) atoms. The number of nitrogens with zero attached hydrogens (tertiary/aromatic N) is 2. The number of anilines is 1. The van der Waals surface area contributed by atoms with Gasteiger partial charge in [-0.15, -0.1) is 0 Å². The van der Waals surface area contributed by atoms with Crippen molar-refractivity contribution in [2.75, 3.05) is 23.7 Å². The lowest BCUT2D eigenvalue weighted by molar-refractivity contribution is -0.140. The molecule has 0 aliphatic heterocycles. The number of amides is 2. The average molecular weight is 549 g/mol. The summed E-state index contributed by atoms with van der Waals surface area (Å²) >= 11 is 18.3. The molecule has 1 N–H and O–H groups in total. The Kier molecular flexibility index (Phi) is 10.5. The molecule has 0 aliphatic rings. The highest BCUT2D eigenvalue weighted by Crippen LogP contribution is 2.31. The van der Waals surface area contributed by atoms with E-state index >= 15 is 0 Å². The lowest BCUT2D eigenvalue weighted by Crippen LogP contribution is -2.47. The first-order valence-electron chi connectivity index (χ1n) is 10.7. The summed E-state index contributed by atoms with van der Waals surface area (Å²) in [4.78, 5) is 27.1. The van der Waals surface area contributed by atoms with Crippen LogP contribution >= 0.6 is 34.8 Å². The van der Waals surface area contributed by atoms with Gasteiger partial charge in [0.15, 0.2) is 0 Å². The van der Waals surface area contributed by atoms with E-state index in [9.17, 15) is 18.0 Å². The topological polar surface area (TPSA) is 86.8 Å². The second-order valence-electron chi connectivity index (χ2n) is 7.76. The number of carbonyl (C=O) groups is 2. The summed E-state index contributed by atoms with van der Waals surface area (Å²) in [6.07, 6.45) is 1.30. The standard InChI is InChI=1S/C23H28Cl3N3O4S/c1-4-27-23(31)16(2)28(15-17-7-5-8-18(24)13-17)22(30)9-6-12-29(34(3,32)33)21-14-19(25)10-11-20(21)26/h5,7-8,10-11,13-14,16H,4,6,9,12,15H2,1-3H3,(H,27,31)/t16-/m1/s1. The summed E-state index contributed by atoms with van der Waals surface area (Å²) in [5, 5.41) is 3.83. The van der Waals surface area contributed by atoms with E-state index in [0.29, 0.717) is 16.6 Å². The van der Waals surface area contributed by atoms with Crippen molar-refractivity contribution in [3.8, 4) is 0 Å². The molecule has 0 radical (unpaired) electrons. The first-order valence-corrected chi connectivity index (χ1v) is 13.7. The van der Waals surface area contributed by atoms with Gasteiger partial charge in [0.05, 0.1) is 17.0 Å². The molecule has 0 saturated carbocycles. The summed E-state index contributed by atoms with van der Waals surface area (Å²) in [5.41, 5.74) is 1.02. The lowest BCUT2D eigenvalue weighted by Gasteiger charge is -2.29. The third-order valence-electron chi connectivity index (χ3n) is 5.09. The van der Waals surface area contributed by atoms with Crippen LogP contribution in [0.4, 0.5) is 5.69 Å². The molecular formula is C23H28Cl3N3O4S. The first-order chi connectivity index (χ1) is 15.9. The number of carbonyl (C=O) groups excluding carboxylic acids is 2. The molecule has 0 bridgehead atoms. The molecule has 0 aromatic heterocycles. The predicted octanol–water partition coefficient (Wildman–Crippen LogP) is 4.75. The van der Waals surface area contributed by atoms with Gasteiger partial charge in [-0.2, -0.15) is 0 Å². The van der Waals surface area contributed by atoms with Gasteiger partial charge in [-0.1, -0.05) is 46.9 Å². The van der Waals surface area contributed by atoms with Crippen molar-refractivity contribution in [1.29, 1.82) is 0 Å². The van der Waals surface area contributed by atoms with Crippen LogP contribution in [0.1, 0.15) is 32.3 Å². The number of sulfonamides is 1. The van der Waals surface area contributed by atoms with Gasteiger partial charge < -0.3 is 10.2 Å². The Labute approximate surface area is 216 Å². The fourth-order valence-corrected chi connectivity index (χ4v) is 5.01. The molecule has 1 atom stereocenters. The Morgan fingerprint density at radius 2 is 1.74 bits per heavy atom. The molecule has 0 unspecified atom stereocenters. The van der Waals surface area contributed by atoms with Crippen LogP contribution in [0.3, 0.4) is 0 Å². The molecule has 2 aromatic rings. The number of hydrogen-bond donors (Lipinski definition) is 1. The number of nitrogens with one attached hydrogen (secondary N) is 1. The first kappa shape index (κ1) is 28.2.